The lowest BCUT2D eigenvalue weighted by Crippen LogP contribution is -2.06. The van der Waals surface area contributed by atoms with Crippen LogP contribution in [0.4, 0.5) is 0 Å². The van der Waals surface area contributed by atoms with Crippen LogP contribution in [0.2, 0.25) is 0 Å². The number of aliphatic hydroxyl groups is 1. The Hall–Kier alpha value is -2.59. The maximum absolute atomic E-state index is 9.58. The van der Waals surface area contributed by atoms with Crippen LogP contribution in [0.1, 0.15) is 11.3 Å². The number of phenolic OH excluding ortho intramolecular Hbond substituents is 1. The molecular weight excluding hydrogens is 276 g/mol. The fraction of sp³-hybridized carbons (Fsp3) is 0.167. The van der Waals surface area contributed by atoms with E-state index in [9.17, 15) is 10.2 Å². The Labute approximate surface area is 129 Å². The van der Waals surface area contributed by atoms with Gasteiger partial charge in [-0.25, -0.2) is 4.98 Å². The van der Waals surface area contributed by atoms with Crippen molar-refractivity contribution in [3.63, 3.8) is 0 Å². The van der Waals surface area contributed by atoms with Gasteiger partial charge in [0.1, 0.15) is 5.75 Å². The SMILES string of the molecule is OCCc1c(-c2ccccc2)ncn1Cc1cccc(O)c1. The van der Waals surface area contributed by atoms with Crippen molar-refractivity contribution in [2.75, 3.05) is 6.61 Å². The molecule has 0 fully saturated rings. The summed E-state index contributed by atoms with van der Waals surface area (Å²) in [4.78, 5) is 4.51. The van der Waals surface area contributed by atoms with Crippen molar-refractivity contribution in [1.82, 2.24) is 9.55 Å². The van der Waals surface area contributed by atoms with Crippen LogP contribution < -0.4 is 0 Å². The van der Waals surface area contributed by atoms with Gasteiger partial charge < -0.3 is 14.8 Å². The molecule has 2 aromatic carbocycles. The van der Waals surface area contributed by atoms with E-state index in [1.54, 1.807) is 18.5 Å². The van der Waals surface area contributed by atoms with Crippen molar-refractivity contribution in [2.45, 2.75) is 13.0 Å². The third-order valence-electron chi connectivity index (χ3n) is 3.61. The summed E-state index contributed by atoms with van der Waals surface area (Å²) in [7, 11) is 0. The lowest BCUT2D eigenvalue weighted by Gasteiger charge is -2.10. The molecule has 0 aliphatic heterocycles. The molecule has 3 aromatic rings. The van der Waals surface area contributed by atoms with Crippen molar-refractivity contribution in [3.8, 4) is 17.0 Å². The highest BCUT2D eigenvalue weighted by atomic mass is 16.3. The predicted molar refractivity (Wildman–Crippen MR) is 85.7 cm³/mol. The number of hydrogen-bond donors (Lipinski definition) is 2. The van der Waals surface area contributed by atoms with E-state index in [0.29, 0.717) is 13.0 Å². The number of hydrogen-bond acceptors (Lipinski definition) is 3. The van der Waals surface area contributed by atoms with Gasteiger partial charge in [-0.1, -0.05) is 42.5 Å². The highest BCUT2D eigenvalue weighted by Gasteiger charge is 2.12. The molecule has 0 atom stereocenters. The van der Waals surface area contributed by atoms with E-state index in [1.807, 2.05) is 47.0 Å². The van der Waals surface area contributed by atoms with Crippen molar-refractivity contribution >= 4 is 0 Å². The molecule has 0 radical (unpaired) electrons. The van der Waals surface area contributed by atoms with Crippen molar-refractivity contribution in [3.05, 3.63) is 72.2 Å². The highest BCUT2D eigenvalue weighted by molar-refractivity contribution is 5.61. The second-order valence-electron chi connectivity index (χ2n) is 5.18. The second kappa shape index (κ2) is 6.45. The summed E-state index contributed by atoms with van der Waals surface area (Å²) in [6.45, 7) is 0.690. The Morgan fingerprint density at radius 2 is 1.82 bits per heavy atom. The maximum atomic E-state index is 9.58. The van der Waals surface area contributed by atoms with Crippen LogP contribution in [-0.2, 0) is 13.0 Å². The van der Waals surface area contributed by atoms with E-state index in [0.717, 1.165) is 22.5 Å². The third-order valence-corrected chi connectivity index (χ3v) is 3.61. The minimum Gasteiger partial charge on any atom is -0.508 e. The first-order chi connectivity index (χ1) is 10.8. The van der Waals surface area contributed by atoms with Gasteiger partial charge in [0.05, 0.1) is 12.0 Å². The minimum atomic E-state index is 0.0750. The highest BCUT2D eigenvalue weighted by Crippen LogP contribution is 2.23. The molecule has 0 aliphatic rings. The maximum Gasteiger partial charge on any atom is 0.115 e. The molecule has 22 heavy (non-hydrogen) atoms. The smallest absolute Gasteiger partial charge is 0.115 e. The Kier molecular flexibility index (Phi) is 4.21. The Morgan fingerprint density at radius 1 is 1.00 bits per heavy atom. The second-order valence-corrected chi connectivity index (χ2v) is 5.18. The van der Waals surface area contributed by atoms with Gasteiger partial charge >= 0.3 is 0 Å². The van der Waals surface area contributed by atoms with E-state index in [1.165, 1.54) is 0 Å². The largest absolute Gasteiger partial charge is 0.508 e. The molecule has 4 nitrogen and oxygen atoms in total. The van der Waals surface area contributed by atoms with Gasteiger partial charge in [0.2, 0.25) is 0 Å². The topological polar surface area (TPSA) is 58.3 Å². The first-order valence-electron chi connectivity index (χ1n) is 7.26. The number of nitrogens with zero attached hydrogens (tertiary/aromatic N) is 2. The zero-order valence-corrected chi connectivity index (χ0v) is 12.2. The molecule has 0 saturated carbocycles. The predicted octanol–water partition coefficient (Wildman–Crippen LogP) is 2.84. The van der Waals surface area contributed by atoms with Gasteiger partial charge in [-0.05, 0) is 17.7 Å². The fourth-order valence-corrected chi connectivity index (χ4v) is 2.60. The molecule has 0 amide bonds. The first kappa shape index (κ1) is 14.4. The third kappa shape index (κ3) is 3.02. The molecule has 1 aromatic heterocycles. The molecule has 0 bridgehead atoms. The molecule has 0 saturated heterocycles. The summed E-state index contributed by atoms with van der Waals surface area (Å²) in [6.07, 6.45) is 2.33. The van der Waals surface area contributed by atoms with Crippen LogP contribution in [0.5, 0.6) is 5.75 Å². The van der Waals surface area contributed by atoms with E-state index in [4.69, 9.17) is 0 Å². The van der Waals surface area contributed by atoms with Crippen molar-refractivity contribution < 1.29 is 10.2 Å². The molecule has 2 N–H and O–H groups in total. The van der Waals surface area contributed by atoms with E-state index >= 15 is 0 Å². The summed E-state index contributed by atoms with van der Waals surface area (Å²) in [5.41, 5.74) is 3.93. The average molecular weight is 294 g/mol. The van der Waals surface area contributed by atoms with Crippen LogP contribution in [-0.4, -0.2) is 26.4 Å². The minimum absolute atomic E-state index is 0.0750. The summed E-state index contributed by atoms with van der Waals surface area (Å²) < 4.78 is 2.02. The number of benzene rings is 2. The zero-order chi connectivity index (χ0) is 15.4. The number of aromatic nitrogens is 2. The Morgan fingerprint density at radius 3 is 2.55 bits per heavy atom. The molecule has 0 aliphatic carbocycles. The molecule has 1 heterocycles. The number of phenols is 1. The summed E-state index contributed by atoms with van der Waals surface area (Å²) >= 11 is 0. The normalized spacial score (nSPS) is 10.8. The van der Waals surface area contributed by atoms with Crippen LogP contribution in [0.15, 0.2) is 60.9 Å². The van der Waals surface area contributed by atoms with Gasteiger partial charge in [0.15, 0.2) is 0 Å². The molecule has 3 rings (SSSR count). The van der Waals surface area contributed by atoms with Crippen molar-refractivity contribution in [2.24, 2.45) is 0 Å². The first-order valence-corrected chi connectivity index (χ1v) is 7.26. The lowest BCUT2D eigenvalue weighted by molar-refractivity contribution is 0.296. The number of imidazole rings is 1. The van der Waals surface area contributed by atoms with Gasteiger partial charge in [0.25, 0.3) is 0 Å². The standard InChI is InChI=1S/C18H18N2O2/c21-10-9-17-18(15-6-2-1-3-7-15)19-13-20(17)12-14-5-4-8-16(22)11-14/h1-8,11,13,21-22H,9-10,12H2. The van der Waals surface area contributed by atoms with E-state index < -0.39 is 0 Å². The monoisotopic (exact) mass is 294 g/mol. The number of aliphatic hydroxyl groups excluding tert-OH is 1. The molecule has 0 unspecified atom stereocenters. The van der Waals surface area contributed by atoms with E-state index in [-0.39, 0.29) is 12.4 Å². The fourth-order valence-electron chi connectivity index (χ4n) is 2.60. The zero-order valence-electron chi connectivity index (χ0n) is 12.2. The molecule has 0 spiro atoms. The van der Waals surface area contributed by atoms with Gasteiger partial charge in [0, 0.05) is 30.8 Å². The number of rotatable bonds is 5. The van der Waals surface area contributed by atoms with Crippen LogP contribution in [0, 0.1) is 0 Å². The van der Waals surface area contributed by atoms with Crippen molar-refractivity contribution in [1.29, 1.82) is 0 Å². The summed E-state index contributed by atoms with van der Waals surface area (Å²) in [6, 6.07) is 17.1. The van der Waals surface area contributed by atoms with Crippen LogP contribution in [0.25, 0.3) is 11.3 Å². The summed E-state index contributed by atoms with van der Waals surface area (Å²) in [5.74, 6) is 0.254. The van der Waals surface area contributed by atoms with E-state index in [2.05, 4.69) is 4.98 Å². The Bertz CT molecular complexity index is 751. The quantitative estimate of drug-likeness (QED) is 0.760. The van der Waals surface area contributed by atoms with Crippen LogP contribution in [0.3, 0.4) is 0 Å². The van der Waals surface area contributed by atoms with Gasteiger partial charge in [-0.3, -0.25) is 0 Å². The Balaban J connectivity index is 1.96. The number of aromatic hydroxyl groups is 1. The van der Waals surface area contributed by atoms with Crippen LogP contribution >= 0.6 is 0 Å². The molecular formula is C18H18N2O2. The molecule has 4 heteroatoms. The van der Waals surface area contributed by atoms with Gasteiger partial charge in [-0.15, -0.1) is 0 Å². The lowest BCUT2D eigenvalue weighted by atomic mass is 10.1. The molecule has 112 valence electrons. The summed E-state index contributed by atoms with van der Waals surface area (Å²) in [5, 5.41) is 18.9. The average Bonchev–Trinajstić information content (AvgIpc) is 2.91. The van der Waals surface area contributed by atoms with Gasteiger partial charge in [-0.2, -0.15) is 0 Å².